The fourth-order valence-corrected chi connectivity index (χ4v) is 5.25. The number of pyridine rings is 3. The predicted octanol–water partition coefficient (Wildman–Crippen LogP) is 6.18. The molecule has 3 aromatic heterocycles. The topological polar surface area (TPSA) is 114 Å². The van der Waals surface area contributed by atoms with Crippen LogP contribution in [0.3, 0.4) is 0 Å². The Morgan fingerprint density at radius 2 is 1.68 bits per heavy atom. The van der Waals surface area contributed by atoms with Crippen molar-refractivity contribution in [1.82, 2.24) is 14.5 Å². The van der Waals surface area contributed by atoms with E-state index >= 15 is 0 Å². The van der Waals surface area contributed by atoms with Crippen molar-refractivity contribution in [2.75, 3.05) is 32.8 Å². The van der Waals surface area contributed by atoms with E-state index in [0.29, 0.717) is 47.3 Å². The van der Waals surface area contributed by atoms with Gasteiger partial charge in [0.25, 0.3) is 5.91 Å². The van der Waals surface area contributed by atoms with E-state index in [0.717, 1.165) is 29.4 Å². The normalized spacial score (nSPS) is 13.4. The van der Waals surface area contributed by atoms with E-state index in [1.807, 2.05) is 42.0 Å². The minimum atomic E-state index is -0.535. The van der Waals surface area contributed by atoms with Crippen LogP contribution >= 0.6 is 0 Å². The summed E-state index contributed by atoms with van der Waals surface area (Å²) < 4.78 is 24.4. The lowest BCUT2D eigenvalue weighted by atomic mass is 10.0. The molecule has 1 saturated heterocycles. The number of hydrogen-bond acceptors (Lipinski definition) is 8. The molecule has 0 spiro atoms. The highest BCUT2D eigenvalue weighted by atomic mass is 16.5. The first-order valence-corrected chi connectivity index (χ1v) is 14.3. The minimum absolute atomic E-state index is 0.0457. The number of nitrogens with one attached hydrogen (secondary N) is 1. The second-order valence-electron chi connectivity index (χ2n) is 10.5. The molecule has 1 aliphatic heterocycles. The Labute approximate surface area is 254 Å². The van der Waals surface area contributed by atoms with Gasteiger partial charge in [-0.2, -0.15) is 0 Å². The number of hydrogen-bond donors (Lipinski definition) is 1. The fraction of sp³-hybridized carbons (Fsp3) is 0.235. The Hall–Kier alpha value is -5.22. The maximum absolute atomic E-state index is 13.6. The van der Waals surface area contributed by atoms with Crippen molar-refractivity contribution in [1.29, 1.82) is 0 Å². The molecule has 4 heterocycles. The van der Waals surface area contributed by atoms with Crippen LogP contribution in [0, 0.1) is 6.92 Å². The van der Waals surface area contributed by atoms with E-state index in [4.69, 9.17) is 18.9 Å². The monoisotopic (exact) mass is 592 g/mol. The average molecular weight is 593 g/mol. The average Bonchev–Trinajstić information content (AvgIpc) is 3.06. The van der Waals surface area contributed by atoms with Crippen molar-refractivity contribution in [3.8, 4) is 34.1 Å². The van der Waals surface area contributed by atoms with Gasteiger partial charge in [0.05, 0.1) is 25.9 Å². The number of ether oxygens (including phenoxy) is 4. The second-order valence-corrected chi connectivity index (χ2v) is 10.5. The molecule has 6 rings (SSSR count). The van der Waals surface area contributed by atoms with E-state index in [1.165, 1.54) is 6.20 Å². The highest BCUT2D eigenvalue weighted by Crippen LogP contribution is 2.37. The molecule has 0 bridgehead atoms. The lowest BCUT2D eigenvalue weighted by Crippen LogP contribution is -2.27. The molecule has 1 aliphatic rings. The number of nitrogens with zero attached hydrogens (tertiary/aromatic N) is 3. The van der Waals surface area contributed by atoms with Crippen LogP contribution in [-0.4, -0.2) is 47.9 Å². The number of amides is 1. The summed E-state index contributed by atoms with van der Waals surface area (Å²) in [6.07, 6.45) is 8.23. The number of benzene rings is 2. The molecular formula is C34H32N4O6. The summed E-state index contributed by atoms with van der Waals surface area (Å²) in [6.45, 7) is 3.26. The van der Waals surface area contributed by atoms with Gasteiger partial charge < -0.3 is 28.8 Å². The molecule has 44 heavy (non-hydrogen) atoms. The van der Waals surface area contributed by atoms with E-state index in [2.05, 4.69) is 15.3 Å². The molecule has 0 unspecified atom stereocenters. The molecule has 0 aliphatic carbocycles. The highest BCUT2D eigenvalue weighted by Gasteiger charge is 2.21. The van der Waals surface area contributed by atoms with E-state index in [1.54, 1.807) is 56.9 Å². The van der Waals surface area contributed by atoms with Gasteiger partial charge in [0.2, 0.25) is 5.43 Å². The number of carbonyl (C=O) groups is 1. The van der Waals surface area contributed by atoms with Crippen molar-refractivity contribution in [3.05, 3.63) is 101 Å². The molecular weight excluding hydrogens is 560 g/mol. The van der Waals surface area contributed by atoms with Crippen LogP contribution in [0.2, 0.25) is 0 Å². The summed E-state index contributed by atoms with van der Waals surface area (Å²) in [5.41, 5.74) is 2.70. The first-order chi connectivity index (χ1) is 21.4. The molecule has 0 radical (unpaired) electrons. The summed E-state index contributed by atoms with van der Waals surface area (Å²) >= 11 is 0. The maximum Gasteiger partial charge on any atom is 0.262 e. The Bertz CT molecular complexity index is 1860. The van der Waals surface area contributed by atoms with E-state index in [-0.39, 0.29) is 22.9 Å². The number of anilines is 1. The van der Waals surface area contributed by atoms with Crippen molar-refractivity contribution in [3.63, 3.8) is 0 Å². The molecule has 0 saturated carbocycles. The summed E-state index contributed by atoms with van der Waals surface area (Å²) in [6, 6.07) is 16.5. The third-order valence-electron chi connectivity index (χ3n) is 7.68. The number of methoxy groups -OCH3 is 2. The zero-order valence-corrected chi connectivity index (χ0v) is 24.7. The van der Waals surface area contributed by atoms with E-state index in [9.17, 15) is 9.59 Å². The van der Waals surface area contributed by atoms with Crippen LogP contribution in [-0.2, 0) is 4.74 Å². The van der Waals surface area contributed by atoms with Crippen molar-refractivity contribution in [2.24, 2.45) is 0 Å². The van der Waals surface area contributed by atoms with Gasteiger partial charge >= 0.3 is 0 Å². The van der Waals surface area contributed by atoms with Gasteiger partial charge in [0.15, 0.2) is 11.5 Å². The van der Waals surface area contributed by atoms with Gasteiger partial charge in [-0.15, -0.1) is 0 Å². The smallest absolute Gasteiger partial charge is 0.262 e. The fourth-order valence-electron chi connectivity index (χ4n) is 5.25. The summed E-state index contributed by atoms with van der Waals surface area (Å²) in [5.74, 6) is 1.87. The van der Waals surface area contributed by atoms with Gasteiger partial charge in [-0.05, 0) is 49.6 Å². The Morgan fingerprint density at radius 3 is 2.39 bits per heavy atom. The molecule has 1 amide bonds. The van der Waals surface area contributed by atoms with Crippen LogP contribution in [0.5, 0.6) is 23.0 Å². The van der Waals surface area contributed by atoms with Gasteiger partial charge in [0.1, 0.15) is 22.9 Å². The predicted molar refractivity (Wildman–Crippen MR) is 167 cm³/mol. The molecule has 10 nitrogen and oxygen atoms in total. The molecule has 5 aromatic rings. The lowest BCUT2D eigenvalue weighted by molar-refractivity contribution is 0.0694. The summed E-state index contributed by atoms with van der Waals surface area (Å²) in [5, 5.41) is 3.51. The molecule has 2 aromatic carbocycles. The minimum Gasteiger partial charge on any atom is -0.493 e. The van der Waals surface area contributed by atoms with Crippen molar-refractivity contribution in [2.45, 2.75) is 25.8 Å². The maximum atomic E-state index is 13.6. The molecule has 1 N–H and O–H groups in total. The number of fused-ring (bicyclic) bond motifs is 1. The Kier molecular flexibility index (Phi) is 8.25. The number of aryl methyl sites for hydroxylation is 1. The first kappa shape index (κ1) is 28.9. The van der Waals surface area contributed by atoms with Crippen LogP contribution in [0.15, 0.2) is 84.2 Å². The third kappa shape index (κ3) is 5.97. The Balaban J connectivity index is 1.26. The van der Waals surface area contributed by atoms with Gasteiger partial charge in [-0.3, -0.25) is 14.6 Å². The Morgan fingerprint density at radius 1 is 0.932 bits per heavy atom. The first-order valence-electron chi connectivity index (χ1n) is 14.3. The van der Waals surface area contributed by atoms with Gasteiger partial charge in [0, 0.05) is 54.9 Å². The zero-order valence-electron chi connectivity index (χ0n) is 24.7. The summed E-state index contributed by atoms with van der Waals surface area (Å²) in [7, 11) is 3.13. The largest absolute Gasteiger partial charge is 0.493 e. The molecule has 10 heteroatoms. The lowest BCUT2D eigenvalue weighted by Gasteiger charge is -2.26. The van der Waals surface area contributed by atoms with Crippen LogP contribution < -0.4 is 25.0 Å². The SMILES string of the molecule is COc1cc2nccc(Oc3ccc(NC(=O)c4cn(C5CCOCC5)cc(-c5ccc(C)cc5)c4=O)nc3)c2cc1OC. The van der Waals surface area contributed by atoms with Gasteiger partial charge in [-0.1, -0.05) is 29.8 Å². The number of carbonyl (C=O) groups excluding carboxylic acids is 1. The van der Waals surface area contributed by atoms with Gasteiger partial charge in [-0.25, -0.2) is 4.98 Å². The number of rotatable bonds is 8. The summed E-state index contributed by atoms with van der Waals surface area (Å²) in [4.78, 5) is 35.9. The third-order valence-corrected chi connectivity index (χ3v) is 7.68. The van der Waals surface area contributed by atoms with Crippen molar-refractivity contribution >= 4 is 22.6 Å². The highest BCUT2D eigenvalue weighted by molar-refractivity contribution is 6.04. The van der Waals surface area contributed by atoms with Crippen molar-refractivity contribution < 1.29 is 23.7 Å². The molecule has 0 atom stereocenters. The standard InChI is InChI=1S/C34H32N4O6/c1-21-4-6-22(7-5-21)26-19-38(23-11-14-43-15-12-23)20-27(33(26)39)34(40)37-32-9-8-24(18-36-32)44-29-10-13-35-28-17-31(42-3)30(41-2)16-25(28)29/h4-10,13,16-20,23H,11-12,14-15H2,1-3H3,(H,36,37,40). The second kappa shape index (κ2) is 12.6. The van der Waals surface area contributed by atoms with Crippen LogP contribution in [0.4, 0.5) is 5.82 Å². The molecule has 1 fully saturated rings. The quantitative estimate of drug-likeness (QED) is 0.227. The van der Waals surface area contributed by atoms with Crippen LogP contribution in [0.25, 0.3) is 22.0 Å². The molecule has 224 valence electrons. The zero-order chi connectivity index (χ0) is 30.6. The van der Waals surface area contributed by atoms with Crippen LogP contribution in [0.1, 0.15) is 34.8 Å². The number of aromatic nitrogens is 3. The van der Waals surface area contributed by atoms with E-state index < -0.39 is 5.91 Å².